The highest BCUT2D eigenvalue weighted by atomic mass is 16.1. The molecule has 1 aromatic heterocycles. The number of anilines is 1. The van der Waals surface area contributed by atoms with Gasteiger partial charge >= 0.3 is 0 Å². The van der Waals surface area contributed by atoms with Crippen LogP contribution in [0, 0.1) is 12.8 Å². The van der Waals surface area contributed by atoms with Gasteiger partial charge in [-0.15, -0.1) is 0 Å². The second-order valence-electron chi connectivity index (χ2n) is 8.84. The molecule has 2 aromatic carbocycles. The van der Waals surface area contributed by atoms with Crippen molar-refractivity contribution in [3.8, 4) is 11.1 Å². The van der Waals surface area contributed by atoms with E-state index < -0.39 is 0 Å². The van der Waals surface area contributed by atoms with Crippen LogP contribution >= 0.6 is 0 Å². The van der Waals surface area contributed by atoms with Crippen molar-refractivity contribution in [2.24, 2.45) is 5.92 Å². The molecule has 5 nitrogen and oxygen atoms in total. The molecule has 166 valence electrons. The predicted octanol–water partition coefficient (Wildman–Crippen LogP) is 4.81. The Hall–Kier alpha value is -3.21. The maximum Gasteiger partial charge on any atom is 0.225 e. The Morgan fingerprint density at radius 1 is 1.03 bits per heavy atom. The SMILES string of the molecule is Cc1cccc(-c2cnc(N3CCC(C(=O)N[C@H](C)CCc4ccccc4)CC3)nc2)c1. The van der Waals surface area contributed by atoms with E-state index in [9.17, 15) is 4.79 Å². The molecule has 0 radical (unpaired) electrons. The lowest BCUT2D eigenvalue weighted by Crippen LogP contribution is -2.43. The molecule has 32 heavy (non-hydrogen) atoms. The van der Waals surface area contributed by atoms with Crippen molar-refractivity contribution in [3.63, 3.8) is 0 Å². The number of hydrogen-bond acceptors (Lipinski definition) is 4. The highest BCUT2D eigenvalue weighted by Crippen LogP contribution is 2.23. The molecule has 3 aromatic rings. The van der Waals surface area contributed by atoms with Crippen LogP contribution in [0.1, 0.15) is 37.3 Å². The minimum atomic E-state index is 0.0667. The number of amides is 1. The van der Waals surface area contributed by atoms with E-state index in [-0.39, 0.29) is 17.9 Å². The van der Waals surface area contributed by atoms with Gasteiger partial charge in [0.15, 0.2) is 0 Å². The van der Waals surface area contributed by atoms with Crippen molar-refractivity contribution < 1.29 is 4.79 Å². The summed E-state index contributed by atoms with van der Waals surface area (Å²) in [5, 5.41) is 3.22. The van der Waals surface area contributed by atoms with Crippen molar-refractivity contribution in [1.29, 1.82) is 0 Å². The zero-order valence-corrected chi connectivity index (χ0v) is 19.0. The molecule has 0 unspecified atom stereocenters. The fourth-order valence-corrected chi connectivity index (χ4v) is 4.26. The topological polar surface area (TPSA) is 58.1 Å². The molecule has 5 heteroatoms. The van der Waals surface area contributed by atoms with E-state index in [0.717, 1.165) is 55.8 Å². The Morgan fingerprint density at radius 2 is 1.75 bits per heavy atom. The van der Waals surface area contributed by atoms with E-state index in [4.69, 9.17) is 0 Å². The first-order valence-electron chi connectivity index (χ1n) is 11.6. The van der Waals surface area contributed by atoms with Gasteiger partial charge in [-0.05, 0) is 50.7 Å². The first-order valence-corrected chi connectivity index (χ1v) is 11.6. The van der Waals surface area contributed by atoms with Crippen LogP contribution in [-0.4, -0.2) is 35.0 Å². The van der Waals surface area contributed by atoms with Gasteiger partial charge in [-0.1, -0.05) is 60.2 Å². The van der Waals surface area contributed by atoms with Gasteiger partial charge in [-0.2, -0.15) is 0 Å². The fourth-order valence-electron chi connectivity index (χ4n) is 4.26. The summed E-state index contributed by atoms with van der Waals surface area (Å²) in [7, 11) is 0. The third kappa shape index (κ3) is 5.72. The van der Waals surface area contributed by atoms with Gasteiger partial charge < -0.3 is 10.2 Å². The van der Waals surface area contributed by atoms with Gasteiger partial charge in [0.05, 0.1) is 0 Å². The van der Waals surface area contributed by atoms with E-state index in [2.05, 4.69) is 82.6 Å². The number of carbonyl (C=O) groups excluding carboxylic acids is 1. The Kier molecular flexibility index (Phi) is 7.15. The molecular formula is C27H32N4O. The zero-order chi connectivity index (χ0) is 22.3. The molecular weight excluding hydrogens is 396 g/mol. The summed E-state index contributed by atoms with van der Waals surface area (Å²) in [6.07, 6.45) is 7.39. The van der Waals surface area contributed by atoms with E-state index in [1.165, 1.54) is 11.1 Å². The third-order valence-electron chi connectivity index (χ3n) is 6.24. The second kappa shape index (κ2) is 10.4. The maximum atomic E-state index is 12.7. The van der Waals surface area contributed by atoms with Crippen LogP contribution in [0.2, 0.25) is 0 Å². The number of benzene rings is 2. The number of piperidine rings is 1. The average molecular weight is 429 g/mol. The van der Waals surface area contributed by atoms with E-state index in [0.29, 0.717) is 0 Å². The van der Waals surface area contributed by atoms with Crippen LogP contribution in [0.25, 0.3) is 11.1 Å². The molecule has 1 N–H and O–H groups in total. The van der Waals surface area contributed by atoms with Crippen molar-refractivity contribution >= 4 is 11.9 Å². The first kappa shape index (κ1) is 22.0. The van der Waals surface area contributed by atoms with Gasteiger partial charge in [0.1, 0.15) is 0 Å². The van der Waals surface area contributed by atoms with Crippen molar-refractivity contribution in [1.82, 2.24) is 15.3 Å². The standard InChI is InChI=1S/C27H32N4O/c1-20-7-6-10-24(17-20)25-18-28-27(29-19-25)31-15-13-23(14-16-31)26(32)30-21(2)11-12-22-8-4-3-5-9-22/h3-10,17-19,21,23H,11-16H2,1-2H3,(H,30,32)/t21-/m1/s1. The number of carbonyl (C=O) groups is 1. The van der Waals surface area contributed by atoms with Crippen LogP contribution in [0.15, 0.2) is 67.0 Å². The highest BCUT2D eigenvalue weighted by Gasteiger charge is 2.26. The second-order valence-corrected chi connectivity index (χ2v) is 8.84. The molecule has 4 rings (SSSR count). The molecule has 0 bridgehead atoms. The molecule has 1 saturated heterocycles. The molecule has 0 spiro atoms. The third-order valence-corrected chi connectivity index (χ3v) is 6.24. The van der Waals surface area contributed by atoms with Gasteiger partial charge in [-0.25, -0.2) is 9.97 Å². The van der Waals surface area contributed by atoms with Crippen LogP contribution in [0.3, 0.4) is 0 Å². The number of nitrogens with one attached hydrogen (secondary N) is 1. The van der Waals surface area contributed by atoms with E-state index in [1.54, 1.807) is 0 Å². The Labute approximate surface area is 190 Å². The smallest absolute Gasteiger partial charge is 0.225 e. The van der Waals surface area contributed by atoms with Gasteiger partial charge in [-0.3, -0.25) is 4.79 Å². The minimum absolute atomic E-state index is 0.0667. The molecule has 1 amide bonds. The fraction of sp³-hybridized carbons (Fsp3) is 0.370. The molecule has 1 fully saturated rings. The number of aromatic nitrogens is 2. The zero-order valence-electron chi connectivity index (χ0n) is 19.0. The summed E-state index contributed by atoms with van der Waals surface area (Å²) >= 11 is 0. The normalized spacial score (nSPS) is 15.4. The number of nitrogens with zero attached hydrogens (tertiary/aromatic N) is 3. The van der Waals surface area contributed by atoms with E-state index >= 15 is 0 Å². The highest BCUT2D eigenvalue weighted by molar-refractivity contribution is 5.79. The van der Waals surface area contributed by atoms with Crippen molar-refractivity contribution in [3.05, 3.63) is 78.1 Å². The molecule has 1 aliphatic rings. The minimum Gasteiger partial charge on any atom is -0.353 e. The number of aryl methyl sites for hydroxylation is 2. The summed E-state index contributed by atoms with van der Waals surface area (Å²) in [5.41, 5.74) is 4.70. The van der Waals surface area contributed by atoms with E-state index in [1.807, 2.05) is 18.5 Å². The Bertz CT molecular complexity index is 1010. The maximum absolute atomic E-state index is 12.7. The van der Waals surface area contributed by atoms with Crippen LogP contribution in [0.4, 0.5) is 5.95 Å². The Morgan fingerprint density at radius 3 is 2.44 bits per heavy atom. The van der Waals surface area contributed by atoms with Crippen molar-refractivity contribution in [2.75, 3.05) is 18.0 Å². The predicted molar refractivity (Wildman–Crippen MR) is 130 cm³/mol. The van der Waals surface area contributed by atoms with Gasteiger partial charge in [0.25, 0.3) is 0 Å². The summed E-state index contributed by atoms with van der Waals surface area (Å²) in [4.78, 5) is 24.1. The van der Waals surface area contributed by atoms with Crippen LogP contribution in [-0.2, 0) is 11.2 Å². The number of rotatable bonds is 7. The van der Waals surface area contributed by atoms with Crippen LogP contribution < -0.4 is 10.2 Å². The Balaban J connectivity index is 1.25. The summed E-state index contributed by atoms with van der Waals surface area (Å²) < 4.78 is 0. The molecule has 2 heterocycles. The summed E-state index contributed by atoms with van der Waals surface area (Å²) in [6, 6.07) is 19.0. The molecule has 1 aliphatic heterocycles. The average Bonchev–Trinajstić information content (AvgIpc) is 2.83. The van der Waals surface area contributed by atoms with Crippen LogP contribution in [0.5, 0.6) is 0 Å². The molecule has 0 aliphatic carbocycles. The summed E-state index contributed by atoms with van der Waals surface area (Å²) in [6.45, 7) is 5.79. The molecule has 0 saturated carbocycles. The number of hydrogen-bond donors (Lipinski definition) is 1. The van der Waals surface area contributed by atoms with Crippen molar-refractivity contribution in [2.45, 2.75) is 45.6 Å². The lowest BCUT2D eigenvalue weighted by Gasteiger charge is -2.32. The summed E-state index contributed by atoms with van der Waals surface area (Å²) in [5.74, 6) is 0.995. The quantitative estimate of drug-likeness (QED) is 0.587. The first-order chi connectivity index (χ1) is 15.6. The monoisotopic (exact) mass is 428 g/mol. The molecule has 1 atom stereocenters. The lowest BCUT2D eigenvalue weighted by molar-refractivity contribution is -0.126. The van der Waals surface area contributed by atoms with Gasteiger partial charge in [0, 0.05) is 43.0 Å². The largest absolute Gasteiger partial charge is 0.353 e. The lowest BCUT2D eigenvalue weighted by atomic mass is 9.95. The van der Waals surface area contributed by atoms with Gasteiger partial charge in [0.2, 0.25) is 11.9 Å².